The Labute approximate surface area is 108 Å². The topological polar surface area (TPSA) is 12.0 Å². The van der Waals surface area contributed by atoms with E-state index in [4.69, 9.17) is 0 Å². The van der Waals surface area contributed by atoms with Crippen molar-refractivity contribution in [1.82, 2.24) is 5.32 Å². The van der Waals surface area contributed by atoms with Crippen molar-refractivity contribution in [2.24, 2.45) is 17.8 Å². The minimum Gasteiger partial charge on any atom is -0.314 e. The fourth-order valence-electron chi connectivity index (χ4n) is 3.69. The van der Waals surface area contributed by atoms with Gasteiger partial charge in [-0.05, 0) is 56.9 Å². The third kappa shape index (κ3) is 4.28. The van der Waals surface area contributed by atoms with Crippen molar-refractivity contribution in [3.63, 3.8) is 0 Å². The zero-order chi connectivity index (χ0) is 12.1. The van der Waals surface area contributed by atoms with Crippen LogP contribution in [0.1, 0.15) is 71.6 Å². The maximum atomic E-state index is 3.84. The van der Waals surface area contributed by atoms with Crippen LogP contribution in [0.15, 0.2) is 0 Å². The molecule has 2 aliphatic carbocycles. The molecule has 0 aromatic carbocycles. The number of hydrogen-bond donors (Lipinski definition) is 1. The summed E-state index contributed by atoms with van der Waals surface area (Å²) in [4.78, 5) is 0. The van der Waals surface area contributed by atoms with Crippen molar-refractivity contribution in [2.75, 3.05) is 6.54 Å². The second-order valence-corrected chi connectivity index (χ2v) is 6.72. The molecule has 0 bridgehead atoms. The van der Waals surface area contributed by atoms with Crippen molar-refractivity contribution in [2.45, 2.75) is 77.7 Å². The average Bonchev–Trinajstić information content (AvgIpc) is 2.39. The van der Waals surface area contributed by atoms with Crippen LogP contribution in [-0.4, -0.2) is 12.6 Å². The normalized spacial score (nSPS) is 33.5. The minimum atomic E-state index is 0.759. The molecule has 0 aliphatic heterocycles. The number of nitrogens with one attached hydrogen (secondary N) is 1. The Morgan fingerprint density at radius 1 is 0.941 bits per heavy atom. The highest BCUT2D eigenvalue weighted by atomic mass is 14.9. The fourth-order valence-corrected chi connectivity index (χ4v) is 3.69. The van der Waals surface area contributed by atoms with E-state index in [9.17, 15) is 0 Å². The van der Waals surface area contributed by atoms with Crippen molar-refractivity contribution in [1.29, 1.82) is 0 Å². The molecule has 0 aromatic rings. The van der Waals surface area contributed by atoms with Gasteiger partial charge in [0.25, 0.3) is 0 Å². The van der Waals surface area contributed by atoms with E-state index in [0.29, 0.717) is 0 Å². The first-order valence-electron chi connectivity index (χ1n) is 7.99. The zero-order valence-corrected chi connectivity index (χ0v) is 11.9. The van der Waals surface area contributed by atoms with Crippen molar-refractivity contribution in [3.8, 4) is 0 Å². The Bertz CT molecular complexity index is 200. The Morgan fingerprint density at radius 3 is 2.24 bits per heavy atom. The van der Waals surface area contributed by atoms with Crippen LogP contribution < -0.4 is 5.32 Å². The van der Waals surface area contributed by atoms with Gasteiger partial charge >= 0.3 is 0 Å². The van der Waals surface area contributed by atoms with Gasteiger partial charge in [0.2, 0.25) is 0 Å². The highest BCUT2D eigenvalue weighted by Gasteiger charge is 2.22. The summed E-state index contributed by atoms with van der Waals surface area (Å²) in [6.07, 6.45) is 13.2. The first kappa shape index (κ1) is 13.4. The van der Waals surface area contributed by atoms with Gasteiger partial charge in [0, 0.05) is 6.04 Å². The van der Waals surface area contributed by atoms with Crippen LogP contribution in [0.4, 0.5) is 0 Å². The molecule has 0 aromatic heterocycles. The predicted octanol–water partition coefficient (Wildman–Crippen LogP) is 4.37. The van der Waals surface area contributed by atoms with E-state index in [-0.39, 0.29) is 0 Å². The van der Waals surface area contributed by atoms with E-state index in [1.807, 2.05) is 0 Å². The van der Waals surface area contributed by atoms with Gasteiger partial charge in [-0.25, -0.2) is 0 Å². The molecule has 0 amide bonds. The molecule has 0 radical (unpaired) electrons. The first-order valence-corrected chi connectivity index (χ1v) is 7.99. The Hall–Kier alpha value is -0.0400. The van der Waals surface area contributed by atoms with Crippen molar-refractivity contribution >= 4 is 0 Å². The number of rotatable bonds is 4. The summed E-state index contributed by atoms with van der Waals surface area (Å²) < 4.78 is 0. The summed E-state index contributed by atoms with van der Waals surface area (Å²) >= 11 is 0. The zero-order valence-electron chi connectivity index (χ0n) is 11.9. The molecule has 1 atom stereocenters. The van der Waals surface area contributed by atoms with Gasteiger partial charge in [-0.3, -0.25) is 0 Å². The summed E-state index contributed by atoms with van der Waals surface area (Å²) in [7, 11) is 0. The third-order valence-electron chi connectivity index (χ3n) is 5.22. The molecule has 17 heavy (non-hydrogen) atoms. The quantitative estimate of drug-likeness (QED) is 0.765. The molecular weight excluding hydrogens is 206 g/mol. The van der Waals surface area contributed by atoms with Crippen LogP contribution in [0.5, 0.6) is 0 Å². The molecule has 0 heterocycles. The third-order valence-corrected chi connectivity index (χ3v) is 5.22. The lowest BCUT2D eigenvalue weighted by molar-refractivity contribution is 0.240. The van der Waals surface area contributed by atoms with Gasteiger partial charge in [0.1, 0.15) is 0 Å². The molecule has 1 N–H and O–H groups in total. The average molecular weight is 237 g/mol. The lowest BCUT2D eigenvalue weighted by atomic mass is 9.82. The smallest absolute Gasteiger partial charge is 0.00671 e. The van der Waals surface area contributed by atoms with Gasteiger partial charge < -0.3 is 5.32 Å². The first-order chi connectivity index (χ1) is 8.25. The van der Waals surface area contributed by atoms with E-state index in [1.165, 1.54) is 64.3 Å². The molecule has 100 valence electrons. The van der Waals surface area contributed by atoms with Crippen LogP contribution >= 0.6 is 0 Å². The molecule has 1 heteroatoms. The van der Waals surface area contributed by atoms with E-state index >= 15 is 0 Å². The molecule has 2 saturated carbocycles. The van der Waals surface area contributed by atoms with Crippen LogP contribution in [0, 0.1) is 17.8 Å². The van der Waals surface area contributed by atoms with Gasteiger partial charge in [-0.1, -0.05) is 39.0 Å². The molecule has 2 aliphatic rings. The summed E-state index contributed by atoms with van der Waals surface area (Å²) in [6, 6.07) is 0.759. The molecule has 1 nitrogen and oxygen atoms in total. The van der Waals surface area contributed by atoms with Crippen LogP contribution in [0.2, 0.25) is 0 Å². The molecule has 0 spiro atoms. The van der Waals surface area contributed by atoms with Crippen molar-refractivity contribution < 1.29 is 0 Å². The molecular formula is C16H31N. The maximum absolute atomic E-state index is 3.84. The monoisotopic (exact) mass is 237 g/mol. The molecule has 0 saturated heterocycles. The highest BCUT2D eigenvalue weighted by molar-refractivity contribution is 4.78. The van der Waals surface area contributed by atoms with Gasteiger partial charge in [0.05, 0.1) is 0 Å². The molecule has 2 rings (SSSR count). The standard InChI is InChI=1S/C16H31N/c1-13-8-10-15(11-9-13)12-17-14(2)16-6-4-3-5-7-16/h13-17H,3-12H2,1-2H3/t13?,14-,15?/m1/s1. The van der Waals surface area contributed by atoms with E-state index in [2.05, 4.69) is 19.2 Å². The highest BCUT2D eigenvalue weighted by Crippen LogP contribution is 2.29. The summed E-state index contributed by atoms with van der Waals surface area (Å²) in [5.41, 5.74) is 0. The molecule has 2 fully saturated rings. The van der Waals surface area contributed by atoms with Gasteiger partial charge in [0.15, 0.2) is 0 Å². The Morgan fingerprint density at radius 2 is 1.59 bits per heavy atom. The van der Waals surface area contributed by atoms with E-state index < -0.39 is 0 Å². The Kier molecular flexibility index (Phi) is 5.34. The van der Waals surface area contributed by atoms with Crippen molar-refractivity contribution in [3.05, 3.63) is 0 Å². The predicted molar refractivity (Wildman–Crippen MR) is 75.2 cm³/mol. The second kappa shape index (κ2) is 6.78. The molecule has 0 unspecified atom stereocenters. The lowest BCUT2D eigenvalue weighted by Gasteiger charge is -2.31. The minimum absolute atomic E-state index is 0.759. The number of hydrogen-bond acceptors (Lipinski definition) is 1. The van der Waals surface area contributed by atoms with Gasteiger partial charge in [-0.15, -0.1) is 0 Å². The summed E-state index contributed by atoms with van der Waals surface area (Å²) in [5.74, 6) is 2.92. The SMILES string of the molecule is CC1CCC(CN[C@H](C)C2CCCCC2)CC1. The maximum Gasteiger partial charge on any atom is 0.00671 e. The fraction of sp³-hybridized carbons (Fsp3) is 1.00. The largest absolute Gasteiger partial charge is 0.314 e. The summed E-state index contributed by atoms with van der Waals surface area (Å²) in [6.45, 7) is 6.11. The van der Waals surface area contributed by atoms with E-state index in [1.54, 1.807) is 0 Å². The lowest BCUT2D eigenvalue weighted by Crippen LogP contribution is -2.38. The van der Waals surface area contributed by atoms with E-state index in [0.717, 1.165) is 23.8 Å². The summed E-state index contributed by atoms with van der Waals surface area (Å²) in [5, 5.41) is 3.84. The second-order valence-electron chi connectivity index (χ2n) is 6.72. The van der Waals surface area contributed by atoms with Gasteiger partial charge in [-0.2, -0.15) is 0 Å². The Balaban J connectivity index is 1.63. The van der Waals surface area contributed by atoms with Crippen LogP contribution in [0.3, 0.4) is 0 Å². The van der Waals surface area contributed by atoms with Crippen LogP contribution in [-0.2, 0) is 0 Å². The van der Waals surface area contributed by atoms with Crippen LogP contribution in [0.25, 0.3) is 0 Å².